The summed E-state index contributed by atoms with van der Waals surface area (Å²) in [4.78, 5) is 20.1. The fourth-order valence-electron chi connectivity index (χ4n) is 4.03. The highest BCUT2D eigenvalue weighted by Crippen LogP contribution is 2.31. The number of carbonyl (C=O) groups is 1. The maximum Gasteiger partial charge on any atom is 0.297 e. The SMILES string of the molecule is C=C/C=C(\C(Br)=CCC)C1NC(Nc2ncccccc(C)o2)NC(C)=C1C(=O)N(C)C(/C=C\C)=C(C)C.CC. The largest absolute Gasteiger partial charge is 0.431 e. The van der Waals surface area contributed by atoms with Crippen molar-refractivity contribution in [3.63, 3.8) is 0 Å². The van der Waals surface area contributed by atoms with E-state index in [1.165, 1.54) is 0 Å². The number of aromatic nitrogens is 1. The van der Waals surface area contributed by atoms with E-state index in [2.05, 4.69) is 56.4 Å². The highest BCUT2D eigenvalue weighted by Gasteiger charge is 2.36. The van der Waals surface area contributed by atoms with Gasteiger partial charge in [0.1, 0.15) is 5.76 Å². The number of nitrogens with one attached hydrogen (secondary N) is 3. The van der Waals surface area contributed by atoms with Crippen LogP contribution in [0.4, 0.5) is 6.01 Å². The number of hydrogen-bond donors (Lipinski definition) is 3. The van der Waals surface area contributed by atoms with Gasteiger partial charge in [-0.15, -0.1) is 0 Å². The number of nitrogens with zero attached hydrogens (tertiary/aromatic N) is 2. The number of likely N-dealkylation sites (N-methyl/N-ethyl adjacent to an activating group) is 1. The van der Waals surface area contributed by atoms with Crippen molar-refractivity contribution in [2.45, 2.75) is 74.1 Å². The van der Waals surface area contributed by atoms with E-state index in [4.69, 9.17) is 4.42 Å². The van der Waals surface area contributed by atoms with Crippen LogP contribution in [0.15, 0.2) is 104 Å². The smallest absolute Gasteiger partial charge is 0.297 e. The Hall–Kier alpha value is -3.36. The van der Waals surface area contributed by atoms with Crippen LogP contribution < -0.4 is 16.0 Å². The standard InChI is InChI=1S/C30H40BrN5O2.C2H6/c1-9-15-23(24(31)16-10-2)27-26(28(37)36(8)25(17-11-3)20(4)5)22(7)33-29(34-27)35-30-32-19-14-12-13-18-21(6)38-30;1-2/h9,11-19,27,29,33-34H,1,10H2,2-8H3,(H,32,35);1-2H3/b13-12?,17-11-,19-14?,21-18?,23-15+,24-16?;. The van der Waals surface area contributed by atoms with Crippen LogP contribution in [0.25, 0.3) is 0 Å². The van der Waals surface area contributed by atoms with Crippen LogP contribution in [0.5, 0.6) is 0 Å². The van der Waals surface area contributed by atoms with E-state index >= 15 is 0 Å². The predicted octanol–water partition coefficient (Wildman–Crippen LogP) is 7.79. The molecule has 1 aliphatic heterocycles. The lowest BCUT2D eigenvalue weighted by Crippen LogP contribution is -2.58. The fraction of sp³-hybridized carbons (Fsp3) is 0.375. The minimum atomic E-state index is -0.482. The van der Waals surface area contributed by atoms with Gasteiger partial charge >= 0.3 is 0 Å². The van der Waals surface area contributed by atoms with E-state index < -0.39 is 12.3 Å². The number of hydrogen-bond acceptors (Lipinski definition) is 6. The monoisotopic (exact) mass is 611 g/mol. The van der Waals surface area contributed by atoms with Gasteiger partial charge in [-0.1, -0.05) is 85.3 Å². The number of anilines is 1. The quantitative estimate of drug-likeness (QED) is 0.247. The van der Waals surface area contributed by atoms with E-state index in [0.29, 0.717) is 17.3 Å². The minimum Gasteiger partial charge on any atom is -0.431 e. The molecule has 0 spiro atoms. The third kappa shape index (κ3) is 9.99. The van der Waals surface area contributed by atoms with E-state index in [1.807, 2.05) is 91.0 Å². The van der Waals surface area contributed by atoms with E-state index in [1.54, 1.807) is 24.2 Å². The van der Waals surface area contributed by atoms with E-state index in [9.17, 15) is 4.79 Å². The van der Waals surface area contributed by atoms with E-state index in [-0.39, 0.29) is 5.91 Å². The second-order valence-corrected chi connectivity index (χ2v) is 9.82. The maximum absolute atomic E-state index is 14.0. The first-order valence-electron chi connectivity index (χ1n) is 13.7. The van der Waals surface area contributed by atoms with Crippen molar-refractivity contribution in [1.82, 2.24) is 20.5 Å². The van der Waals surface area contributed by atoms with E-state index in [0.717, 1.165) is 33.4 Å². The van der Waals surface area contributed by atoms with Crippen molar-refractivity contribution < 1.29 is 9.21 Å². The average molecular weight is 613 g/mol. The summed E-state index contributed by atoms with van der Waals surface area (Å²) < 4.78 is 6.78. The molecule has 2 heterocycles. The lowest BCUT2D eigenvalue weighted by molar-refractivity contribution is -0.124. The fourth-order valence-corrected chi connectivity index (χ4v) is 4.71. The Bertz CT molecular complexity index is 1220. The number of aryl methyl sites for hydroxylation is 1. The number of carbonyl (C=O) groups excluding carboxylic acids is 1. The Morgan fingerprint density at radius 1 is 1.25 bits per heavy atom. The lowest BCUT2D eigenvalue weighted by atomic mass is 9.92. The van der Waals surface area contributed by atoms with Crippen molar-refractivity contribution in [3.8, 4) is 0 Å². The maximum atomic E-state index is 14.0. The molecule has 1 aromatic heterocycles. The second-order valence-electron chi connectivity index (χ2n) is 8.97. The average Bonchev–Trinajstić information content (AvgIpc) is 3.01. The molecule has 2 unspecified atom stereocenters. The molecule has 0 saturated carbocycles. The molecule has 1 aromatic rings. The zero-order chi connectivity index (χ0) is 30.2. The molecular weight excluding hydrogens is 566 g/mol. The molecule has 40 heavy (non-hydrogen) atoms. The summed E-state index contributed by atoms with van der Waals surface area (Å²) in [6, 6.07) is 7.31. The van der Waals surface area contributed by atoms with Crippen LogP contribution in [0, 0.1) is 6.92 Å². The van der Waals surface area contributed by atoms with Crippen molar-refractivity contribution in [2.75, 3.05) is 12.4 Å². The normalized spacial score (nSPS) is 17.2. The van der Waals surface area contributed by atoms with Gasteiger partial charge < -0.3 is 20.0 Å². The summed E-state index contributed by atoms with van der Waals surface area (Å²) in [5, 5.41) is 10.2. The third-order valence-electron chi connectivity index (χ3n) is 5.74. The van der Waals surface area contributed by atoms with Crippen LogP contribution in [0.2, 0.25) is 0 Å². The van der Waals surface area contributed by atoms with Gasteiger partial charge in [0.2, 0.25) is 0 Å². The summed E-state index contributed by atoms with van der Waals surface area (Å²) in [5.74, 6) is 0.572. The van der Waals surface area contributed by atoms with Gasteiger partial charge in [0.25, 0.3) is 11.9 Å². The first-order chi connectivity index (χ1) is 19.1. The van der Waals surface area contributed by atoms with Crippen LogP contribution in [0.3, 0.4) is 0 Å². The molecule has 1 aliphatic rings. The molecule has 7 nitrogen and oxygen atoms in total. The molecule has 218 valence electrons. The first kappa shape index (κ1) is 34.7. The molecule has 0 radical (unpaired) electrons. The van der Waals surface area contributed by atoms with Gasteiger partial charge in [-0.25, -0.2) is 4.98 Å². The molecule has 0 bridgehead atoms. The summed E-state index contributed by atoms with van der Waals surface area (Å²) >= 11 is 3.73. The summed E-state index contributed by atoms with van der Waals surface area (Å²) in [6.45, 7) is 19.7. The molecule has 1 amide bonds. The molecule has 2 atom stereocenters. The van der Waals surface area contributed by atoms with Gasteiger partial charge in [0.05, 0.1) is 11.6 Å². The summed E-state index contributed by atoms with van der Waals surface area (Å²) in [7, 11) is 1.80. The second kappa shape index (κ2) is 18.1. The molecule has 2 rings (SSSR count). The molecular formula is C32H46BrN5O2. The Balaban J connectivity index is 0.00000391. The topological polar surface area (TPSA) is 82.4 Å². The van der Waals surface area contributed by atoms with Crippen molar-refractivity contribution in [2.24, 2.45) is 0 Å². The summed E-state index contributed by atoms with van der Waals surface area (Å²) in [6.07, 6.45) is 11.6. The zero-order valence-electron chi connectivity index (χ0n) is 25.4. The van der Waals surface area contributed by atoms with Crippen LogP contribution in [-0.4, -0.2) is 35.2 Å². The van der Waals surface area contributed by atoms with Crippen molar-refractivity contribution in [1.29, 1.82) is 0 Å². The molecule has 3 N–H and O–H groups in total. The van der Waals surface area contributed by atoms with Crippen LogP contribution in [0.1, 0.15) is 60.6 Å². The summed E-state index contributed by atoms with van der Waals surface area (Å²) in [5.41, 5.74) is 4.11. The lowest BCUT2D eigenvalue weighted by Gasteiger charge is -2.38. The molecule has 0 aliphatic carbocycles. The van der Waals surface area contributed by atoms with Crippen molar-refractivity contribution >= 4 is 27.9 Å². The molecule has 0 fully saturated rings. The Morgan fingerprint density at radius 3 is 2.55 bits per heavy atom. The number of amides is 1. The molecule has 8 heteroatoms. The Labute approximate surface area is 249 Å². The van der Waals surface area contributed by atoms with Gasteiger partial charge in [0.15, 0.2) is 6.29 Å². The highest BCUT2D eigenvalue weighted by atomic mass is 79.9. The van der Waals surface area contributed by atoms with Crippen LogP contribution >= 0.6 is 15.9 Å². The minimum absolute atomic E-state index is 0.115. The predicted molar refractivity (Wildman–Crippen MR) is 172 cm³/mol. The van der Waals surface area contributed by atoms with Gasteiger partial charge in [-0.05, 0) is 64.8 Å². The van der Waals surface area contributed by atoms with Crippen molar-refractivity contribution in [3.05, 3.63) is 106 Å². The number of rotatable bonds is 9. The third-order valence-corrected chi connectivity index (χ3v) is 6.53. The first-order valence-corrected chi connectivity index (χ1v) is 14.5. The van der Waals surface area contributed by atoms with Gasteiger partial charge in [-0.3, -0.25) is 10.1 Å². The molecule has 0 saturated heterocycles. The number of allylic oxidation sites excluding steroid dienone is 7. The van der Waals surface area contributed by atoms with Gasteiger partial charge in [0, 0.05) is 29.1 Å². The molecule has 0 aromatic carbocycles. The van der Waals surface area contributed by atoms with Gasteiger partial charge in [-0.2, -0.15) is 0 Å². The number of halogens is 1. The van der Waals surface area contributed by atoms with Crippen LogP contribution in [-0.2, 0) is 4.79 Å². The Morgan fingerprint density at radius 2 is 1.95 bits per heavy atom. The Kier molecular flexibility index (Phi) is 15.7. The highest BCUT2D eigenvalue weighted by molar-refractivity contribution is 9.12. The zero-order valence-corrected chi connectivity index (χ0v) is 27.0.